The Kier molecular flexibility index (Phi) is 5.62. The molecule has 2 aliphatic rings. The lowest BCUT2D eigenvalue weighted by molar-refractivity contribution is -0.132. The number of furan rings is 1. The standard InChI is InChI=1S/C26H24ClNO5/c1-32-20-10-6-5-9-18(20)23-22(25(30)26(31)28(23)17-7-3-2-4-8-17)24(29)21-14-15-13-16(27)11-12-19(15)33-21/h5-6,9-14,17,23,30H,2-4,7-8H2,1H3. The van der Waals surface area contributed by atoms with Crippen molar-refractivity contribution in [3.8, 4) is 5.75 Å². The summed E-state index contributed by atoms with van der Waals surface area (Å²) < 4.78 is 11.4. The third-order valence-electron chi connectivity index (χ3n) is 6.59. The van der Waals surface area contributed by atoms with Gasteiger partial charge in [0.15, 0.2) is 11.5 Å². The summed E-state index contributed by atoms with van der Waals surface area (Å²) in [5, 5.41) is 12.2. The number of nitrogens with zero attached hydrogens (tertiary/aromatic N) is 1. The number of fused-ring (bicyclic) bond motifs is 1. The second-order valence-electron chi connectivity index (χ2n) is 8.53. The van der Waals surface area contributed by atoms with Gasteiger partial charge in [0.1, 0.15) is 11.3 Å². The number of rotatable bonds is 5. The molecule has 1 unspecified atom stereocenters. The molecule has 2 aromatic carbocycles. The van der Waals surface area contributed by atoms with Crippen LogP contribution in [0.5, 0.6) is 5.75 Å². The Bertz CT molecular complexity index is 1270. The summed E-state index contributed by atoms with van der Waals surface area (Å²) >= 11 is 6.08. The van der Waals surface area contributed by atoms with Gasteiger partial charge < -0.3 is 19.2 Å². The smallest absolute Gasteiger partial charge is 0.290 e. The summed E-state index contributed by atoms with van der Waals surface area (Å²) in [7, 11) is 1.55. The van der Waals surface area contributed by atoms with E-state index >= 15 is 0 Å². The van der Waals surface area contributed by atoms with E-state index in [-0.39, 0.29) is 17.4 Å². The zero-order valence-electron chi connectivity index (χ0n) is 18.2. The Balaban J connectivity index is 1.64. The van der Waals surface area contributed by atoms with Gasteiger partial charge >= 0.3 is 0 Å². The number of carbonyl (C=O) groups excluding carboxylic acids is 2. The molecule has 1 aromatic heterocycles. The molecule has 1 aliphatic heterocycles. The van der Waals surface area contributed by atoms with E-state index in [2.05, 4.69) is 0 Å². The Morgan fingerprint density at radius 1 is 1.12 bits per heavy atom. The lowest BCUT2D eigenvalue weighted by Crippen LogP contribution is -2.41. The van der Waals surface area contributed by atoms with Crippen LogP contribution in [0.4, 0.5) is 0 Å². The SMILES string of the molecule is COc1ccccc1C1C(C(=O)c2cc3cc(Cl)ccc3o2)=C(O)C(=O)N1C1CCCCC1. The van der Waals surface area contributed by atoms with Gasteiger partial charge in [-0.25, -0.2) is 0 Å². The summed E-state index contributed by atoms with van der Waals surface area (Å²) in [6, 6.07) is 13.1. The third kappa shape index (κ3) is 3.68. The van der Waals surface area contributed by atoms with Gasteiger partial charge in [-0.05, 0) is 43.2 Å². The van der Waals surface area contributed by atoms with Gasteiger partial charge in [0.05, 0.1) is 18.7 Å². The van der Waals surface area contributed by atoms with E-state index in [4.69, 9.17) is 20.8 Å². The zero-order chi connectivity index (χ0) is 23.1. The Morgan fingerprint density at radius 2 is 1.88 bits per heavy atom. The van der Waals surface area contributed by atoms with Crippen molar-refractivity contribution < 1.29 is 23.8 Å². The zero-order valence-corrected chi connectivity index (χ0v) is 19.0. The van der Waals surface area contributed by atoms with Crippen molar-refractivity contribution in [2.75, 3.05) is 7.11 Å². The molecule has 0 radical (unpaired) electrons. The summed E-state index contributed by atoms with van der Waals surface area (Å²) in [6.45, 7) is 0. The summed E-state index contributed by atoms with van der Waals surface area (Å²) in [6.07, 6.45) is 4.78. The number of para-hydroxylation sites is 1. The van der Waals surface area contributed by atoms with Crippen LogP contribution in [-0.4, -0.2) is 34.8 Å². The highest BCUT2D eigenvalue weighted by atomic mass is 35.5. The number of carbonyl (C=O) groups is 2. The van der Waals surface area contributed by atoms with E-state index in [0.29, 0.717) is 27.3 Å². The van der Waals surface area contributed by atoms with Gasteiger partial charge in [0.2, 0.25) is 5.78 Å². The number of ether oxygens (including phenoxy) is 1. The van der Waals surface area contributed by atoms with Gasteiger partial charge in [-0.1, -0.05) is 49.1 Å². The van der Waals surface area contributed by atoms with E-state index < -0.39 is 23.5 Å². The van der Waals surface area contributed by atoms with Crippen LogP contribution in [0.25, 0.3) is 11.0 Å². The fourth-order valence-corrected chi connectivity index (χ4v) is 5.23. The van der Waals surface area contributed by atoms with Crippen LogP contribution in [0, 0.1) is 0 Å². The van der Waals surface area contributed by atoms with E-state index in [1.165, 1.54) is 0 Å². The number of aliphatic hydroxyl groups excluding tert-OH is 1. The topological polar surface area (TPSA) is 80.0 Å². The minimum absolute atomic E-state index is 0.0141. The molecular weight excluding hydrogens is 442 g/mol. The number of hydrogen-bond donors (Lipinski definition) is 1. The lowest BCUT2D eigenvalue weighted by atomic mass is 9.90. The second-order valence-corrected chi connectivity index (χ2v) is 8.97. The maximum absolute atomic E-state index is 13.7. The van der Waals surface area contributed by atoms with Crippen molar-refractivity contribution in [3.05, 3.63) is 76.2 Å². The van der Waals surface area contributed by atoms with Crippen LogP contribution in [0.15, 0.2) is 64.3 Å². The van der Waals surface area contributed by atoms with Crippen molar-refractivity contribution in [1.82, 2.24) is 4.90 Å². The molecule has 1 fully saturated rings. The molecule has 7 heteroatoms. The number of benzene rings is 2. The Morgan fingerprint density at radius 3 is 2.64 bits per heavy atom. The summed E-state index contributed by atoms with van der Waals surface area (Å²) in [5.74, 6) is -0.984. The molecule has 0 saturated heterocycles. The van der Waals surface area contributed by atoms with Crippen molar-refractivity contribution in [1.29, 1.82) is 0 Å². The Labute approximate surface area is 196 Å². The molecule has 6 nitrogen and oxygen atoms in total. The van der Waals surface area contributed by atoms with Gasteiger partial charge in [-0.2, -0.15) is 0 Å². The number of halogens is 1. The van der Waals surface area contributed by atoms with E-state index in [0.717, 1.165) is 32.1 Å². The van der Waals surface area contributed by atoms with Crippen molar-refractivity contribution in [3.63, 3.8) is 0 Å². The van der Waals surface area contributed by atoms with Crippen LogP contribution in [0.2, 0.25) is 5.02 Å². The molecule has 1 aliphatic carbocycles. The van der Waals surface area contributed by atoms with Gasteiger partial charge in [-0.3, -0.25) is 9.59 Å². The number of Topliss-reactive ketones (excluding diaryl/α,β-unsaturated/α-hetero) is 1. The second kappa shape index (κ2) is 8.60. The highest BCUT2D eigenvalue weighted by Gasteiger charge is 2.48. The van der Waals surface area contributed by atoms with Crippen LogP contribution in [0.1, 0.15) is 54.3 Å². The van der Waals surface area contributed by atoms with E-state index in [1.807, 2.05) is 18.2 Å². The summed E-state index contributed by atoms with van der Waals surface area (Å²) in [4.78, 5) is 28.7. The highest BCUT2D eigenvalue weighted by molar-refractivity contribution is 6.31. The minimum Gasteiger partial charge on any atom is -0.503 e. The molecule has 1 saturated carbocycles. The molecule has 1 N–H and O–H groups in total. The molecule has 1 amide bonds. The van der Waals surface area contributed by atoms with Gasteiger partial charge in [0, 0.05) is 22.0 Å². The van der Waals surface area contributed by atoms with Crippen LogP contribution >= 0.6 is 11.6 Å². The Hall–Kier alpha value is -3.25. The molecule has 3 aromatic rings. The molecule has 5 rings (SSSR count). The minimum atomic E-state index is -0.763. The molecular formula is C26H24ClNO5. The average molecular weight is 466 g/mol. The predicted octanol–water partition coefficient (Wildman–Crippen LogP) is 6.01. The highest BCUT2D eigenvalue weighted by Crippen LogP contribution is 2.45. The number of aliphatic hydroxyl groups is 1. The van der Waals surface area contributed by atoms with Gasteiger partial charge in [-0.15, -0.1) is 0 Å². The third-order valence-corrected chi connectivity index (χ3v) is 6.83. The monoisotopic (exact) mass is 465 g/mol. The molecule has 2 heterocycles. The van der Waals surface area contributed by atoms with Crippen LogP contribution in [-0.2, 0) is 4.79 Å². The van der Waals surface area contributed by atoms with E-state index in [9.17, 15) is 14.7 Å². The normalized spacial score (nSPS) is 19.5. The van der Waals surface area contributed by atoms with Crippen LogP contribution in [0.3, 0.4) is 0 Å². The first-order valence-electron chi connectivity index (χ1n) is 11.1. The first-order chi connectivity index (χ1) is 16.0. The van der Waals surface area contributed by atoms with Crippen LogP contribution < -0.4 is 4.74 Å². The molecule has 0 spiro atoms. The first kappa shape index (κ1) is 21.6. The number of hydrogen-bond acceptors (Lipinski definition) is 5. The predicted molar refractivity (Wildman–Crippen MR) is 125 cm³/mol. The first-order valence-corrected chi connectivity index (χ1v) is 11.5. The lowest BCUT2D eigenvalue weighted by Gasteiger charge is -2.36. The molecule has 170 valence electrons. The fourth-order valence-electron chi connectivity index (χ4n) is 5.05. The summed E-state index contributed by atoms with van der Waals surface area (Å²) in [5.41, 5.74) is 1.18. The molecule has 1 atom stereocenters. The molecule has 0 bridgehead atoms. The maximum atomic E-state index is 13.7. The number of amides is 1. The molecule has 33 heavy (non-hydrogen) atoms. The maximum Gasteiger partial charge on any atom is 0.290 e. The largest absolute Gasteiger partial charge is 0.503 e. The number of methoxy groups -OCH3 is 1. The van der Waals surface area contributed by atoms with Gasteiger partial charge in [0.25, 0.3) is 5.91 Å². The van der Waals surface area contributed by atoms with Crippen molar-refractivity contribution in [2.24, 2.45) is 0 Å². The van der Waals surface area contributed by atoms with Crippen molar-refractivity contribution >= 4 is 34.3 Å². The quantitative estimate of drug-likeness (QED) is 0.467. The fraction of sp³-hybridized carbons (Fsp3) is 0.308. The van der Waals surface area contributed by atoms with Crippen molar-refractivity contribution in [2.45, 2.75) is 44.2 Å². The number of ketones is 1. The average Bonchev–Trinajstić information content (AvgIpc) is 3.37. The van der Waals surface area contributed by atoms with E-state index in [1.54, 1.807) is 42.3 Å².